The normalized spacial score (nSPS) is 10.7. The van der Waals surface area contributed by atoms with Crippen molar-refractivity contribution in [1.29, 1.82) is 0 Å². The van der Waals surface area contributed by atoms with Crippen LogP contribution in [0, 0.1) is 5.82 Å². The Bertz CT molecular complexity index is 1220. The maximum Gasteiger partial charge on any atom is 0.274 e. The number of benzene rings is 2. The second-order valence-electron chi connectivity index (χ2n) is 6.21. The van der Waals surface area contributed by atoms with Gasteiger partial charge in [-0.3, -0.25) is 14.7 Å². The highest BCUT2D eigenvalue weighted by molar-refractivity contribution is 5.91. The van der Waals surface area contributed by atoms with Crippen LogP contribution in [0.2, 0.25) is 0 Å². The molecule has 4 aromatic rings. The summed E-state index contributed by atoms with van der Waals surface area (Å²) in [5, 5.41) is 5.35. The molecular weight excluding hydrogens is 393 g/mol. The molecule has 0 aliphatic carbocycles. The number of halogens is 1. The van der Waals surface area contributed by atoms with Crippen LogP contribution in [0.15, 0.2) is 65.7 Å². The predicted octanol–water partition coefficient (Wildman–Crippen LogP) is 2.15. The average molecular weight is 409 g/mol. The molecule has 30 heavy (non-hydrogen) atoms. The van der Waals surface area contributed by atoms with E-state index in [-0.39, 0.29) is 36.3 Å². The molecule has 10 heteroatoms. The summed E-state index contributed by atoms with van der Waals surface area (Å²) >= 11 is 0. The Labute approximate surface area is 169 Å². The molecule has 9 nitrogen and oxygen atoms in total. The van der Waals surface area contributed by atoms with Crippen molar-refractivity contribution in [2.45, 2.75) is 6.61 Å². The Kier molecular flexibility index (Phi) is 5.37. The molecular formula is C20H16FN5O4. The van der Waals surface area contributed by atoms with Crippen LogP contribution in [0.3, 0.4) is 0 Å². The molecule has 0 atom stereocenters. The van der Waals surface area contributed by atoms with Gasteiger partial charge in [-0.05, 0) is 48.5 Å². The van der Waals surface area contributed by atoms with Crippen LogP contribution in [0.5, 0.6) is 11.5 Å². The minimum absolute atomic E-state index is 0.0931. The number of rotatable bonds is 7. The summed E-state index contributed by atoms with van der Waals surface area (Å²) in [6, 6.07) is 13.5. The highest BCUT2D eigenvalue weighted by Crippen LogP contribution is 2.17. The van der Waals surface area contributed by atoms with E-state index in [1.54, 1.807) is 24.3 Å². The lowest BCUT2D eigenvalue weighted by Crippen LogP contribution is -2.20. The number of ether oxygens (including phenoxy) is 2. The van der Waals surface area contributed by atoms with E-state index < -0.39 is 0 Å². The fourth-order valence-corrected chi connectivity index (χ4v) is 2.61. The van der Waals surface area contributed by atoms with Gasteiger partial charge in [0.15, 0.2) is 6.61 Å². The summed E-state index contributed by atoms with van der Waals surface area (Å²) < 4.78 is 25.0. The van der Waals surface area contributed by atoms with Crippen LogP contribution in [-0.4, -0.2) is 32.1 Å². The second kappa shape index (κ2) is 8.43. The summed E-state index contributed by atoms with van der Waals surface area (Å²) in [7, 11) is 0. The van der Waals surface area contributed by atoms with Gasteiger partial charge in [0.05, 0.1) is 5.69 Å². The van der Waals surface area contributed by atoms with Gasteiger partial charge in [-0.2, -0.15) is 4.52 Å². The molecule has 0 spiro atoms. The first-order valence-electron chi connectivity index (χ1n) is 8.90. The number of aromatic amines is 1. The minimum Gasteiger partial charge on any atom is -0.487 e. The lowest BCUT2D eigenvalue weighted by molar-refractivity contribution is -0.118. The van der Waals surface area contributed by atoms with Crippen LogP contribution in [-0.2, 0) is 11.4 Å². The largest absolute Gasteiger partial charge is 0.487 e. The van der Waals surface area contributed by atoms with Gasteiger partial charge in [-0.1, -0.05) is 0 Å². The molecule has 152 valence electrons. The smallest absolute Gasteiger partial charge is 0.274 e. The summed E-state index contributed by atoms with van der Waals surface area (Å²) in [5.41, 5.74) is 0.726. The molecule has 2 aromatic carbocycles. The Morgan fingerprint density at radius 2 is 1.77 bits per heavy atom. The van der Waals surface area contributed by atoms with Gasteiger partial charge in [0.1, 0.15) is 30.3 Å². The van der Waals surface area contributed by atoms with Crippen LogP contribution < -0.4 is 20.3 Å². The fraction of sp³-hybridized carbons (Fsp3) is 0.100. The van der Waals surface area contributed by atoms with Gasteiger partial charge in [0, 0.05) is 11.8 Å². The van der Waals surface area contributed by atoms with E-state index in [4.69, 9.17) is 9.47 Å². The number of fused-ring (bicyclic) bond motifs is 1. The van der Waals surface area contributed by atoms with Crippen molar-refractivity contribution in [1.82, 2.24) is 19.6 Å². The molecule has 2 N–H and O–H groups in total. The number of amides is 1. The summed E-state index contributed by atoms with van der Waals surface area (Å²) in [5.74, 6) is 0.474. The van der Waals surface area contributed by atoms with Crippen LogP contribution >= 0.6 is 0 Å². The number of H-pyrrole nitrogens is 1. The van der Waals surface area contributed by atoms with E-state index in [1.807, 2.05) is 0 Å². The molecule has 2 heterocycles. The zero-order valence-corrected chi connectivity index (χ0v) is 15.5. The summed E-state index contributed by atoms with van der Waals surface area (Å²) in [4.78, 5) is 32.1. The SMILES string of the molecule is O=C(COc1ccc(F)cc1)Nc1ccc(OCc2cc(=O)n3[nH]cnc3n2)cc1. The molecule has 0 unspecified atom stereocenters. The Balaban J connectivity index is 1.29. The van der Waals surface area contributed by atoms with E-state index in [0.717, 1.165) is 0 Å². The van der Waals surface area contributed by atoms with Gasteiger partial charge < -0.3 is 14.8 Å². The quantitative estimate of drug-likeness (QED) is 0.484. The zero-order valence-electron chi connectivity index (χ0n) is 15.5. The summed E-state index contributed by atoms with van der Waals surface area (Å²) in [6.45, 7) is -0.115. The molecule has 4 rings (SSSR count). The fourth-order valence-electron chi connectivity index (χ4n) is 2.61. The third kappa shape index (κ3) is 4.61. The number of anilines is 1. The van der Waals surface area contributed by atoms with Gasteiger partial charge in [-0.25, -0.2) is 14.4 Å². The first-order valence-corrected chi connectivity index (χ1v) is 8.90. The van der Waals surface area contributed by atoms with E-state index in [9.17, 15) is 14.0 Å². The predicted molar refractivity (Wildman–Crippen MR) is 105 cm³/mol. The van der Waals surface area contributed by atoms with Crippen molar-refractivity contribution in [3.63, 3.8) is 0 Å². The van der Waals surface area contributed by atoms with Crippen LogP contribution in [0.1, 0.15) is 5.69 Å². The number of nitrogens with one attached hydrogen (secondary N) is 2. The first kappa shape index (κ1) is 19.1. The number of carbonyl (C=O) groups excluding carboxylic acids is 1. The molecule has 0 aliphatic rings. The van der Waals surface area contributed by atoms with Crippen molar-refractivity contribution >= 4 is 17.4 Å². The Morgan fingerprint density at radius 3 is 2.53 bits per heavy atom. The number of carbonyl (C=O) groups is 1. The average Bonchev–Trinajstić information content (AvgIpc) is 3.22. The third-order valence-electron chi connectivity index (χ3n) is 4.03. The van der Waals surface area contributed by atoms with Crippen LogP contribution in [0.4, 0.5) is 10.1 Å². The standard InChI is InChI=1S/C20H16FN5O4/c21-13-1-5-16(6-2-13)30-11-18(27)24-14-3-7-17(8-4-14)29-10-15-9-19(28)26-20(25-15)22-12-23-26/h1-9,12H,10-11H2,(H,24,27)(H,22,23,25). The topological polar surface area (TPSA) is 111 Å². The lowest BCUT2D eigenvalue weighted by atomic mass is 10.3. The maximum absolute atomic E-state index is 12.9. The van der Waals surface area contributed by atoms with Crippen molar-refractivity contribution < 1.29 is 18.7 Å². The highest BCUT2D eigenvalue weighted by Gasteiger charge is 2.07. The molecule has 0 bridgehead atoms. The highest BCUT2D eigenvalue weighted by atomic mass is 19.1. The molecule has 0 saturated heterocycles. The van der Waals surface area contributed by atoms with Crippen molar-refractivity contribution in [2.75, 3.05) is 11.9 Å². The van der Waals surface area contributed by atoms with Gasteiger partial charge in [-0.15, -0.1) is 0 Å². The number of hydrogen-bond donors (Lipinski definition) is 2. The number of nitrogens with zero attached hydrogens (tertiary/aromatic N) is 3. The van der Waals surface area contributed by atoms with Crippen molar-refractivity contribution in [3.05, 3.63) is 82.8 Å². The van der Waals surface area contributed by atoms with Gasteiger partial charge in [0.25, 0.3) is 17.2 Å². The first-order chi connectivity index (χ1) is 14.6. The number of hydrogen-bond acceptors (Lipinski definition) is 6. The molecule has 1 amide bonds. The minimum atomic E-state index is -0.376. The van der Waals surface area contributed by atoms with E-state index in [0.29, 0.717) is 22.9 Å². The monoisotopic (exact) mass is 409 g/mol. The second-order valence-corrected chi connectivity index (χ2v) is 6.21. The lowest BCUT2D eigenvalue weighted by Gasteiger charge is -2.09. The Morgan fingerprint density at radius 1 is 1.07 bits per heavy atom. The molecule has 2 aromatic heterocycles. The van der Waals surface area contributed by atoms with E-state index in [2.05, 4.69) is 20.4 Å². The zero-order chi connectivity index (χ0) is 20.9. The van der Waals surface area contributed by atoms with Crippen molar-refractivity contribution in [3.8, 4) is 11.5 Å². The van der Waals surface area contributed by atoms with Crippen LogP contribution in [0.25, 0.3) is 5.78 Å². The van der Waals surface area contributed by atoms with Gasteiger partial charge in [0.2, 0.25) is 0 Å². The van der Waals surface area contributed by atoms with Gasteiger partial charge >= 0.3 is 0 Å². The molecule has 0 aliphatic heterocycles. The summed E-state index contributed by atoms with van der Waals surface area (Å²) in [6.07, 6.45) is 1.38. The third-order valence-corrected chi connectivity index (χ3v) is 4.03. The maximum atomic E-state index is 12.9. The van der Waals surface area contributed by atoms with E-state index >= 15 is 0 Å². The molecule has 0 saturated carbocycles. The van der Waals surface area contributed by atoms with Crippen molar-refractivity contribution in [2.24, 2.45) is 0 Å². The number of aromatic nitrogens is 4. The molecule has 0 fully saturated rings. The molecule has 0 radical (unpaired) electrons. The Hall–Kier alpha value is -4.21. The van der Waals surface area contributed by atoms with E-state index in [1.165, 1.54) is 41.2 Å².